The fraction of sp³-hybridized carbons (Fsp3) is 0.0800. The molecule has 0 aliphatic carbocycles. The van der Waals surface area contributed by atoms with Crippen molar-refractivity contribution in [2.75, 3.05) is 0 Å². The minimum absolute atomic E-state index is 0.0343. The lowest BCUT2D eigenvalue weighted by Gasteiger charge is -2.10. The predicted octanol–water partition coefficient (Wildman–Crippen LogP) is 2.69. The van der Waals surface area contributed by atoms with E-state index in [1.54, 1.807) is 49.1 Å². The third kappa shape index (κ3) is 5.27. The summed E-state index contributed by atoms with van der Waals surface area (Å²) in [5.41, 5.74) is 0.639. The molecular weight excluding hydrogens is 516 g/mol. The van der Waals surface area contributed by atoms with E-state index in [4.69, 9.17) is 4.42 Å². The number of nitrogens with one attached hydrogen (secondary N) is 2. The van der Waals surface area contributed by atoms with Crippen LogP contribution in [0.4, 0.5) is 0 Å². The Labute approximate surface area is 212 Å². The average Bonchev–Trinajstić information content (AvgIpc) is 2.91. The van der Waals surface area contributed by atoms with E-state index in [2.05, 4.69) is 19.4 Å². The number of fused-ring (bicyclic) bond motifs is 3. The summed E-state index contributed by atoms with van der Waals surface area (Å²) >= 11 is 0. The Hall–Kier alpha value is -3.97. The van der Waals surface area contributed by atoms with Crippen LogP contribution in [0.3, 0.4) is 0 Å². The highest BCUT2D eigenvalue weighted by atomic mass is 32.2. The van der Waals surface area contributed by atoms with Crippen LogP contribution in [-0.4, -0.2) is 26.8 Å². The van der Waals surface area contributed by atoms with Crippen molar-refractivity contribution >= 4 is 41.8 Å². The molecule has 0 bridgehead atoms. The van der Waals surface area contributed by atoms with Gasteiger partial charge in [0.05, 0.1) is 15.2 Å². The molecule has 0 atom stereocenters. The lowest BCUT2D eigenvalue weighted by Crippen LogP contribution is -2.23. The molecule has 0 spiro atoms. The van der Waals surface area contributed by atoms with Crippen LogP contribution in [0, 0.1) is 0 Å². The van der Waals surface area contributed by atoms with Crippen LogP contribution in [0.25, 0.3) is 21.7 Å². The Morgan fingerprint density at radius 1 is 0.676 bits per heavy atom. The Kier molecular flexibility index (Phi) is 6.56. The molecule has 0 amide bonds. The molecule has 5 rings (SSSR count). The molecular formula is C25H20N4O6S2. The summed E-state index contributed by atoms with van der Waals surface area (Å²) < 4.78 is 61.5. The third-order valence-corrected chi connectivity index (χ3v) is 8.45. The van der Waals surface area contributed by atoms with Gasteiger partial charge in [-0.25, -0.2) is 31.1 Å². The maximum absolute atomic E-state index is 12.8. The second-order valence-corrected chi connectivity index (χ2v) is 11.7. The summed E-state index contributed by atoms with van der Waals surface area (Å²) in [6.45, 7) is 0.0779. The van der Waals surface area contributed by atoms with E-state index < -0.39 is 25.7 Å². The monoisotopic (exact) mass is 536 g/mol. The molecule has 0 aliphatic heterocycles. The quantitative estimate of drug-likeness (QED) is 0.227. The summed E-state index contributed by atoms with van der Waals surface area (Å²) in [5.74, 6) is 0. The first-order chi connectivity index (χ1) is 17.7. The van der Waals surface area contributed by atoms with Crippen LogP contribution in [0.5, 0.6) is 0 Å². The van der Waals surface area contributed by atoms with Crippen LogP contribution in [0.2, 0.25) is 0 Å². The van der Waals surface area contributed by atoms with Gasteiger partial charge in [-0.3, -0.25) is 9.97 Å². The van der Waals surface area contributed by atoms with Crippen molar-refractivity contribution in [1.82, 2.24) is 19.4 Å². The van der Waals surface area contributed by atoms with Gasteiger partial charge in [0.1, 0.15) is 5.58 Å². The molecule has 0 saturated carbocycles. The maximum atomic E-state index is 12.8. The van der Waals surface area contributed by atoms with Gasteiger partial charge in [0, 0.05) is 54.7 Å². The molecule has 0 saturated heterocycles. The molecule has 2 N–H and O–H groups in total. The molecule has 12 heteroatoms. The molecule has 0 fully saturated rings. The van der Waals surface area contributed by atoms with E-state index in [-0.39, 0.29) is 33.8 Å². The van der Waals surface area contributed by atoms with E-state index in [0.29, 0.717) is 21.9 Å². The van der Waals surface area contributed by atoms with Gasteiger partial charge in [0.2, 0.25) is 20.0 Å². The summed E-state index contributed by atoms with van der Waals surface area (Å²) in [4.78, 5) is 20.5. The topological polar surface area (TPSA) is 148 Å². The molecule has 0 radical (unpaired) electrons. The summed E-state index contributed by atoms with van der Waals surface area (Å²) in [7, 11) is -7.83. The number of rotatable bonds is 8. The van der Waals surface area contributed by atoms with Crippen LogP contribution < -0.4 is 15.1 Å². The van der Waals surface area contributed by atoms with Crippen molar-refractivity contribution in [1.29, 1.82) is 0 Å². The van der Waals surface area contributed by atoms with Gasteiger partial charge in [-0.1, -0.05) is 18.2 Å². The molecule has 3 heterocycles. The Bertz CT molecular complexity index is 1880. The van der Waals surface area contributed by atoms with Gasteiger partial charge in [-0.05, 0) is 47.5 Å². The maximum Gasteiger partial charge on any atom is 0.344 e. The van der Waals surface area contributed by atoms with E-state index in [1.165, 1.54) is 36.4 Å². The summed E-state index contributed by atoms with van der Waals surface area (Å²) in [6, 6.07) is 15.2. The number of aromatic nitrogens is 2. The van der Waals surface area contributed by atoms with Crippen molar-refractivity contribution in [3.05, 3.63) is 107 Å². The Morgan fingerprint density at radius 2 is 1.22 bits per heavy atom. The van der Waals surface area contributed by atoms with Gasteiger partial charge in [0.15, 0.2) is 0 Å². The first-order valence-corrected chi connectivity index (χ1v) is 14.0. The number of hydrogen-bond acceptors (Lipinski definition) is 8. The Morgan fingerprint density at radius 3 is 1.76 bits per heavy atom. The smallest absolute Gasteiger partial charge is 0.344 e. The van der Waals surface area contributed by atoms with Crippen molar-refractivity contribution in [3.63, 3.8) is 0 Å². The lowest BCUT2D eigenvalue weighted by atomic mass is 10.1. The molecule has 2 aromatic carbocycles. The molecule has 0 unspecified atom stereocenters. The number of nitrogens with zero attached hydrogens (tertiary/aromatic N) is 2. The van der Waals surface area contributed by atoms with Crippen molar-refractivity contribution < 1.29 is 21.3 Å². The molecule has 3 aromatic heterocycles. The second-order valence-electron chi connectivity index (χ2n) is 8.13. The van der Waals surface area contributed by atoms with Crippen LogP contribution >= 0.6 is 0 Å². The fourth-order valence-electron chi connectivity index (χ4n) is 3.75. The van der Waals surface area contributed by atoms with Gasteiger partial charge in [-0.2, -0.15) is 0 Å². The van der Waals surface area contributed by atoms with E-state index in [9.17, 15) is 21.6 Å². The standard InChI is InChI=1S/C25H20N4O6S2/c30-25-23-11-19(36(31,32)28-15-17-3-1-9-26-13-17)5-7-21(23)22-8-6-20(12-24(22)35-25)37(33,34)29-16-18-4-2-10-27-14-18/h1-14,28-29H,15-16H2. The predicted molar refractivity (Wildman–Crippen MR) is 137 cm³/mol. The third-order valence-electron chi connectivity index (χ3n) is 5.66. The largest absolute Gasteiger partial charge is 0.422 e. The number of hydrogen-bond donors (Lipinski definition) is 2. The number of sulfonamides is 2. The molecule has 0 aliphatic rings. The molecule has 37 heavy (non-hydrogen) atoms. The lowest BCUT2D eigenvalue weighted by molar-refractivity contribution is 0.565. The zero-order valence-electron chi connectivity index (χ0n) is 19.2. The summed E-state index contributed by atoms with van der Waals surface area (Å²) in [5, 5.41) is 0.958. The van der Waals surface area contributed by atoms with Crippen molar-refractivity contribution in [2.45, 2.75) is 22.9 Å². The number of pyridine rings is 2. The van der Waals surface area contributed by atoms with Crippen molar-refractivity contribution in [3.8, 4) is 0 Å². The highest BCUT2D eigenvalue weighted by Crippen LogP contribution is 2.27. The highest BCUT2D eigenvalue weighted by molar-refractivity contribution is 7.89. The van der Waals surface area contributed by atoms with Gasteiger partial charge >= 0.3 is 5.63 Å². The Balaban J connectivity index is 1.45. The molecule has 188 valence electrons. The van der Waals surface area contributed by atoms with Gasteiger partial charge in [0.25, 0.3) is 0 Å². The average molecular weight is 537 g/mol. The van der Waals surface area contributed by atoms with Crippen LogP contribution in [0.1, 0.15) is 11.1 Å². The van der Waals surface area contributed by atoms with Gasteiger partial charge in [-0.15, -0.1) is 0 Å². The SMILES string of the molecule is O=c1oc2cc(S(=O)(=O)NCc3cccnc3)ccc2c2ccc(S(=O)(=O)NCc3cccnc3)cc12. The minimum Gasteiger partial charge on any atom is -0.422 e. The zero-order valence-corrected chi connectivity index (χ0v) is 20.8. The van der Waals surface area contributed by atoms with Gasteiger partial charge < -0.3 is 4.42 Å². The van der Waals surface area contributed by atoms with E-state index in [1.807, 2.05) is 0 Å². The first kappa shape index (κ1) is 24.7. The summed E-state index contributed by atoms with van der Waals surface area (Å²) in [6.07, 6.45) is 6.27. The minimum atomic E-state index is -3.93. The van der Waals surface area contributed by atoms with Crippen molar-refractivity contribution in [2.24, 2.45) is 0 Å². The zero-order chi connectivity index (χ0) is 26.0. The van der Waals surface area contributed by atoms with E-state index >= 15 is 0 Å². The van der Waals surface area contributed by atoms with E-state index in [0.717, 1.165) is 0 Å². The molecule has 10 nitrogen and oxygen atoms in total. The molecule has 5 aromatic rings. The highest BCUT2D eigenvalue weighted by Gasteiger charge is 2.19. The van der Waals surface area contributed by atoms with Crippen LogP contribution in [-0.2, 0) is 33.1 Å². The fourth-order valence-corrected chi connectivity index (χ4v) is 5.83. The first-order valence-electron chi connectivity index (χ1n) is 11.0. The second kappa shape index (κ2) is 9.82. The normalized spacial score (nSPS) is 12.2. The van der Waals surface area contributed by atoms with Crippen LogP contribution in [0.15, 0.2) is 104 Å². The number of benzene rings is 2.